The van der Waals surface area contributed by atoms with Crippen LogP contribution >= 0.6 is 0 Å². The van der Waals surface area contributed by atoms with E-state index in [1.807, 2.05) is 4.90 Å². The van der Waals surface area contributed by atoms with E-state index >= 15 is 0 Å². The highest BCUT2D eigenvalue weighted by atomic mass is 16.7. The molecule has 114 valence electrons. The first-order chi connectivity index (χ1) is 10.2. The molecule has 0 N–H and O–H groups in total. The Morgan fingerprint density at radius 3 is 2.62 bits per heavy atom. The van der Waals surface area contributed by atoms with Gasteiger partial charge in [-0.05, 0) is 18.9 Å². The molecule has 0 aliphatic carbocycles. The van der Waals surface area contributed by atoms with Crippen LogP contribution in [0.3, 0.4) is 0 Å². The van der Waals surface area contributed by atoms with Crippen LogP contribution in [0.1, 0.15) is 30.4 Å². The summed E-state index contributed by atoms with van der Waals surface area (Å²) in [5.74, 6) is -0.155. The molecule has 21 heavy (non-hydrogen) atoms. The van der Waals surface area contributed by atoms with Crippen LogP contribution in [0.15, 0.2) is 24.3 Å². The fraction of sp³-hybridized carbons (Fsp3) is 0.588. The number of rotatable bonds is 3. The largest absolute Gasteiger partial charge is 0.347 e. The molecule has 1 amide bonds. The Morgan fingerprint density at radius 2 is 1.95 bits per heavy atom. The highest BCUT2D eigenvalue weighted by Crippen LogP contribution is 2.31. The molecule has 3 rings (SSSR count). The van der Waals surface area contributed by atoms with Gasteiger partial charge in [0.2, 0.25) is 5.91 Å². The van der Waals surface area contributed by atoms with Gasteiger partial charge in [-0.1, -0.05) is 29.8 Å². The Labute approximate surface area is 126 Å². The second-order valence-electron chi connectivity index (χ2n) is 5.98. The maximum atomic E-state index is 12.3. The SMILES string of the molecule is Cc1cccc(CCC(=O)N2CCC3(CC2)OCCO3)c1. The highest BCUT2D eigenvalue weighted by molar-refractivity contribution is 5.76. The van der Waals surface area contributed by atoms with Crippen molar-refractivity contribution in [1.29, 1.82) is 0 Å². The number of likely N-dealkylation sites (tertiary alicyclic amines) is 1. The summed E-state index contributed by atoms with van der Waals surface area (Å²) in [6.45, 7) is 4.93. The molecule has 2 aliphatic heterocycles. The molecule has 0 saturated carbocycles. The van der Waals surface area contributed by atoms with E-state index in [2.05, 4.69) is 31.2 Å². The molecular weight excluding hydrogens is 266 g/mol. The van der Waals surface area contributed by atoms with E-state index in [9.17, 15) is 4.79 Å². The van der Waals surface area contributed by atoms with Gasteiger partial charge in [0, 0.05) is 32.4 Å². The molecular formula is C17H23NO3. The molecule has 4 heteroatoms. The van der Waals surface area contributed by atoms with Crippen molar-refractivity contribution in [2.24, 2.45) is 0 Å². The Hall–Kier alpha value is -1.39. The first-order valence-corrected chi connectivity index (χ1v) is 7.78. The first kappa shape index (κ1) is 14.5. The van der Waals surface area contributed by atoms with E-state index in [1.54, 1.807) is 0 Å². The van der Waals surface area contributed by atoms with E-state index in [1.165, 1.54) is 11.1 Å². The minimum atomic E-state index is -0.396. The number of ether oxygens (including phenoxy) is 2. The maximum absolute atomic E-state index is 12.3. The van der Waals surface area contributed by atoms with Gasteiger partial charge in [0.15, 0.2) is 5.79 Å². The van der Waals surface area contributed by atoms with Crippen LogP contribution in [0.4, 0.5) is 0 Å². The minimum absolute atomic E-state index is 0.240. The van der Waals surface area contributed by atoms with Gasteiger partial charge in [0.25, 0.3) is 0 Å². The van der Waals surface area contributed by atoms with Crippen molar-refractivity contribution in [3.63, 3.8) is 0 Å². The summed E-state index contributed by atoms with van der Waals surface area (Å²) >= 11 is 0. The lowest BCUT2D eigenvalue weighted by Gasteiger charge is -2.37. The van der Waals surface area contributed by atoms with Crippen LogP contribution in [-0.2, 0) is 20.7 Å². The van der Waals surface area contributed by atoms with Crippen LogP contribution < -0.4 is 0 Å². The summed E-state index contributed by atoms with van der Waals surface area (Å²) < 4.78 is 11.4. The summed E-state index contributed by atoms with van der Waals surface area (Å²) in [4.78, 5) is 14.3. The predicted octanol–water partition coefficient (Wildman–Crippen LogP) is 2.29. The smallest absolute Gasteiger partial charge is 0.222 e. The molecule has 1 spiro atoms. The van der Waals surface area contributed by atoms with Crippen molar-refractivity contribution in [3.8, 4) is 0 Å². The number of benzene rings is 1. The Balaban J connectivity index is 1.48. The van der Waals surface area contributed by atoms with Gasteiger partial charge in [-0.2, -0.15) is 0 Å². The summed E-state index contributed by atoms with van der Waals surface area (Å²) in [6.07, 6.45) is 2.99. The number of hydrogen-bond acceptors (Lipinski definition) is 3. The van der Waals surface area contributed by atoms with Crippen molar-refractivity contribution >= 4 is 5.91 Å². The summed E-state index contributed by atoms with van der Waals surface area (Å²) in [7, 11) is 0. The molecule has 4 nitrogen and oxygen atoms in total. The van der Waals surface area contributed by atoms with Gasteiger partial charge in [0.1, 0.15) is 0 Å². The molecule has 1 aromatic rings. The molecule has 2 heterocycles. The molecule has 1 aromatic carbocycles. The molecule has 0 aromatic heterocycles. The zero-order chi connectivity index (χ0) is 14.7. The van der Waals surface area contributed by atoms with Gasteiger partial charge in [-0.15, -0.1) is 0 Å². The Kier molecular flexibility index (Phi) is 4.27. The van der Waals surface area contributed by atoms with Gasteiger partial charge in [-0.25, -0.2) is 0 Å². The number of carbonyl (C=O) groups is 1. The third-order valence-electron chi connectivity index (χ3n) is 4.40. The lowest BCUT2D eigenvalue weighted by atomic mass is 10.0. The van der Waals surface area contributed by atoms with E-state index < -0.39 is 5.79 Å². The molecule has 0 radical (unpaired) electrons. The lowest BCUT2D eigenvalue weighted by molar-refractivity contribution is -0.187. The third kappa shape index (κ3) is 3.44. The summed E-state index contributed by atoms with van der Waals surface area (Å²) in [5, 5.41) is 0. The Morgan fingerprint density at radius 1 is 1.24 bits per heavy atom. The van der Waals surface area contributed by atoms with Crippen LogP contribution in [0, 0.1) is 6.92 Å². The number of carbonyl (C=O) groups excluding carboxylic acids is 1. The average molecular weight is 289 g/mol. The molecule has 2 saturated heterocycles. The third-order valence-corrected chi connectivity index (χ3v) is 4.40. The van der Waals surface area contributed by atoms with Crippen molar-refractivity contribution < 1.29 is 14.3 Å². The van der Waals surface area contributed by atoms with Crippen molar-refractivity contribution in [2.45, 2.75) is 38.4 Å². The van der Waals surface area contributed by atoms with E-state index in [0.717, 1.165) is 32.4 Å². The number of piperidine rings is 1. The average Bonchev–Trinajstić information content (AvgIpc) is 2.94. The van der Waals surface area contributed by atoms with Gasteiger partial charge in [0.05, 0.1) is 13.2 Å². The standard InChI is InChI=1S/C17H23NO3/c1-14-3-2-4-15(13-14)5-6-16(19)18-9-7-17(8-10-18)20-11-12-21-17/h2-4,13H,5-12H2,1H3. The number of hydrogen-bond donors (Lipinski definition) is 0. The van der Waals surface area contributed by atoms with E-state index in [-0.39, 0.29) is 5.91 Å². The van der Waals surface area contributed by atoms with Crippen LogP contribution in [0.5, 0.6) is 0 Å². The first-order valence-electron chi connectivity index (χ1n) is 7.78. The molecule has 0 bridgehead atoms. The van der Waals surface area contributed by atoms with Crippen LogP contribution in [-0.4, -0.2) is 42.9 Å². The molecule has 0 unspecified atom stereocenters. The zero-order valence-corrected chi connectivity index (χ0v) is 12.6. The Bertz CT molecular complexity index is 499. The number of aryl methyl sites for hydroxylation is 2. The van der Waals surface area contributed by atoms with E-state index in [4.69, 9.17) is 9.47 Å². The second kappa shape index (κ2) is 6.16. The second-order valence-corrected chi connectivity index (χ2v) is 5.98. The summed E-state index contributed by atoms with van der Waals surface area (Å²) in [6, 6.07) is 8.37. The molecule has 0 atom stereocenters. The number of nitrogens with zero attached hydrogens (tertiary/aromatic N) is 1. The quantitative estimate of drug-likeness (QED) is 0.857. The maximum Gasteiger partial charge on any atom is 0.222 e. The van der Waals surface area contributed by atoms with Crippen LogP contribution in [0.25, 0.3) is 0 Å². The van der Waals surface area contributed by atoms with E-state index in [0.29, 0.717) is 19.6 Å². The predicted molar refractivity (Wildman–Crippen MR) is 79.9 cm³/mol. The minimum Gasteiger partial charge on any atom is -0.347 e. The number of amides is 1. The summed E-state index contributed by atoms with van der Waals surface area (Å²) in [5.41, 5.74) is 2.48. The fourth-order valence-corrected chi connectivity index (χ4v) is 3.16. The molecule has 2 aliphatic rings. The van der Waals surface area contributed by atoms with Gasteiger partial charge in [-0.3, -0.25) is 4.79 Å². The normalized spacial score (nSPS) is 20.9. The zero-order valence-electron chi connectivity index (χ0n) is 12.6. The van der Waals surface area contributed by atoms with Crippen molar-refractivity contribution in [2.75, 3.05) is 26.3 Å². The molecule has 2 fully saturated rings. The highest BCUT2D eigenvalue weighted by Gasteiger charge is 2.40. The van der Waals surface area contributed by atoms with Crippen molar-refractivity contribution in [1.82, 2.24) is 4.90 Å². The van der Waals surface area contributed by atoms with Gasteiger partial charge < -0.3 is 14.4 Å². The van der Waals surface area contributed by atoms with Crippen molar-refractivity contribution in [3.05, 3.63) is 35.4 Å². The topological polar surface area (TPSA) is 38.8 Å². The van der Waals surface area contributed by atoms with Gasteiger partial charge >= 0.3 is 0 Å². The lowest BCUT2D eigenvalue weighted by Crippen LogP contribution is -2.47. The monoisotopic (exact) mass is 289 g/mol. The van der Waals surface area contributed by atoms with Crippen LogP contribution in [0.2, 0.25) is 0 Å². The fourth-order valence-electron chi connectivity index (χ4n) is 3.16.